The Kier molecular flexibility index (Phi) is 8.66. The maximum Gasteiger partial charge on any atom is 0.262 e. The first-order valence-electron chi connectivity index (χ1n) is 8.33. The zero-order valence-electron chi connectivity index (χ0n) is 14.9. The number of rotatable bonds is 4. The monoisotopic (exact) mass is 429 g/mol. The van der Waals surface area contributed by atoms with Crippen LogP contribution in [0.4, 0.5) is 13.2 Å². The Morgan fingerprint density at radius 3 is 2.44 bits per heavy atom. The van der Waals surface area contributed by atoms with Gasteiger partial charge in [-0.05, 0) is 17.7 Å². The average Bonchev–Trinajstić information content (AvgIpc) is 2.95. The molecule has 0 aromatic heterocycles. The first-order chi connectivity index (χ1) is 11.9. The Hall–Kier alpha value is -1.22. The third kappa shape index (κ3) is 5.88. The molecule has 1 amide bonds. The van der Waals surface area contributed by atoms with Gasteiger partial charge in [-0.25, -0.2) is 13.2 Å². The fourth-order valence-electron chi connectivity index (χ4n) is 3.30. The molecule has 154 valence electrons. The minimum absolute atomic E-state index is 0. The quantitative estimate of drug-likeness (QED) is 0.797. The lowest BCUT2D eigenvalue weighted by Gasteiger charge is -2.36. The van der Waals surface area contributed by atoms with E-state index in [4.69, 9.17) is 4.74 Å². The Labute approximate surface area is 169 Å². The summed E-state index contributed by atoms with van der Waals surface area (Å²) in [6, 6.07) is 4.05. The molecule has 0 saturated carbocycles. The number of benzene rings is 1. The molecule has 2 fully saturated rings. The maximum absolute atomic E-state index is 13.7. The standard InChI is InChI=1S/C17H22F3N3O2.2ClH/c1-25-15-3-2-12(8-13(15)18)10-22-4-6-23(7-5-22)16(24)14-9-17(19,20)11-21-14;;/h2-3,8,14,21H,4-7,9-11H2,1H3;2*1H. The van der Waals surface area contributed by atoms with E-state index in [0.29, 0.717) is 32.7 Å². The summed E-state index contributed by atoms with van der Waals surface area (Å²) < 4.78 is 45.1. The summed E-state index contributed by atoms with van der Waals surface area (Å²) in [5, 5.41) is 2.60. The van der Waals surface area contributed by atoms with Crippen LogP contribution in [0.15, 0.2) is 18.2 Å². The van der Waals surface area contributed by atoms with Crippen LogP contribution < -0.4 is 10.1 Å². The van der Waals surface area contributed by atoms with Crippen LogP contribution in [0.2, 0.25) is 0 Å². The van der Waals surface area contributed by atoms with Crippen LogP contribution in [0.3, 0.4) is 0 Å². The highest BCUT2D eigenvalue weighted by atomic mass is 35.5. The van der Waals surface area contributed by atoms with E-state index in [1.807, 2.05) is 6.07 Å². The molecule has 0 aliphatic carbocycles. The normalized spacial score (nSPS) is 21.9. The van der Waals surface area contributed by atoms with Crippen LogP contribution in [0.5, 0.6) is 5.75 Å². The van der Waals surface area contributed by atoms with Crippen molar-refractivity contribution in [1.82, 2.24) is 15.1 Å². The molecule has 2 aliphatic heterocycles. The van der Waals surface area contributed by atoms with Gasteiger partial charge in [-0.2, -0.15) is 0 Å². The summed E-state index contributed by atoms with van der Waals surface area (Å²) in [6.45, 7) is 2.36. The third-order valence-electron chi connectivity index (χ3n) is 4.71. The highest BCUT2D eigenvalue weighted by molar-refractivity contribution is 5.85. The van der Waals surface area contributed by atoms with Crippen molar-refractivity contribution in [1.29, 1.82) is 0 Å². The topological polar surface area (TPSA) is 44.8 Å². The lowest BCUT2D eigenvalue weighted by atomic mass is 10.1. The summed E-state index contributed by atoms with van der Waals surface area (Å²) in [4.78, 5) is 16.1. The Morgan fingerprint density at radius 1 is 1.26 bits per heavy atom. The lowest BCUT2D eigenvalue weighted by Crippen LogP contribution is -2.52. The Morgan fingerprint density at radius 2 is 1.93 bits per heavy atom. The fourth-order valence-corrected chi connectivity index (χ4v) is 3.30. The van der Waals surface area contributed by atoms with Crippen molar-refractivity contribution in [2.24, 2.45) is 0 Å². The van der Waals surface area contributed by atoms with Crippen LogP contribution in [-0.2, 0) is 11.3 Å². The van der Waals surface area contributed by atoms with Crippen molar-refractivity contribution < 1.29 is 22.7 Å². The first-order valence-corrected chi connectivity index (χ1v) is 8.33. The largest absolute Gasteiger partial charge is 0.494 e. The van der Waals surface area contributed by atoms with Crippen LogP contribution >= 0.6 is 24.8 Å². The van der Waals surface area contributed by atoms with Gasteiger partial charge in [0, 0.05) is 39.1 Å². The van der Waals surface area contributed by atoms with Gasteiger partial charge in [-0.3, -0.25) is 15.0 Å². The molecule has 3 rings (SSSR count). The second kappa shape index (κ2) is 9.82. The summed E-state index contributed by atoms with van der Waals surface area (Å²) in [7, 11) is 1.42. The molecular formula is C17H24Cl2F3N3O2. The summed E-state index contributed by atoms with van der Waals surface area (Å²) in [6.07, 6.45) is -0.433. The number of methoxy groups -OCH3 is 1. The van der Waals surface area contributed by atoms with E-state index in [-0.39, 0.29) is 36.5 Å². The molecule has 1 N–H and O–H groups in total. The SMILES string of the molecule is COc1ccc(CN2CCN(C(=O)C3CC(F)(F)CN3)CC2)cc1F.Cl.Cl. The zero-order valence-corrected chi connectivity index (χ0v) is 16.6. The molecule has 10 heteroatoms. The zero-order chi connectivity index (χ0) is 18.0. The minimum Gasteiger partial charge on any atom is -0.494 e. The van der Waals surface area contributed by atoms with E-state index in [9.17, 15) is 18.0 Å². The van der Waals surface area contributed by atoms with Gasteiger partial charge in [0.2, 0.25) is 5.91 Å². The van der Waals surface area contributed by atoms with E-state index in [2.05, 4.69) is 10.2 Å². The molecule has 0 radical (unpaired) electrons. The van der Waals surface area contributed by atoms with Crippen molar-refractivity contribution in [2.45, 2.75) is 24.9 Å². The average molecular weight is 430 g/mol. The summed E-state index contributed by atoms with van der Waals surface area (Å²) >= 11 is 0. The number of nitrogens with one attached hydrogen (secondary N) is 1. The van der Waals surface area contributed by atoms with Crippen LogP contribution in [0.1, 0.15) is 12.0 Å². The van der Waals surface area contributed by atoms with Gasteiger partial charge < -0.3 is 9.64 Å². The van der Waals surface area contributed by atoms with Gasteiger partial charge in [0.1, 0.15) is 0 Å². The van der Waals surface area contributed by atoms with E-state index in [1.54, 1.807) is 11.0 Å². The van der Waals surface area contributed by atoms with Crippen molar-refractivity contribution in [3.05, 3.63) is 29.6 Å². The smallest absolute Gasteiger partial charge is 0.262 e. The highest BCUT2D eigenvalue weighted by Gasteiger charge is 2.43. The van der Waals surface area contributed by atoms with Gasteiger partial charge >= 0.3 is 0 Å². The number of carbonyl (C=O) groups excluding carboxylic acids is 1. The van der Waals surface area contributed by atoms with Gasteiger partial charge in [0.15, 0.2) is 11.6 Å². The molecule has 1 unspecified atom stereocenters. The lowest BCUT2D eigenvalue weighted by molar-refractivity contribution is -0.135. The Bertz CT molecular complexity index is 644. The van der Waals surface area contributed by atoms with Gasteiger partial charge in [0.25, 0.3) is 5.92 Å². The molecule has 0 spiro atoms. The Balaban J connectivity index is 0.00000182. The molecule has 1 aromatic rings. The van der Waals surface area contributed by atoms with Crippen LogP contribution in [0.25, 0.3) is 0 Å². The van der Waals surface area contributed by atoms with Crippen molar-refractivity contribution in [3.63, 3.8) is 0 Å². The predicted octanol–water partition coefficient (Wildman–Crippen LogP) is 2.32. The molecular weight excluding hydrogens is 406 g/mol. The third-order valence-corrected chi connectivity index (χ3v) is 4.71. The number of nitrogens with zero attached hydrogens (tertiary/aromatic N) is 2. The van der Waals surface area contributed by atoms with Crippen molar-refractivity contribution in [3.8, 4) is 5.75 Å². The molecule has 2 saturated heterocycles. The van der Waals surface area contributed by atoms with Crippen molar-refractivity contribution in [2.75, 3.05) is 39.8 Å². The minimum atomic E-state index is -2.80. The number of hydrogen-bond donors (Lipinski definition) is 1. The number of ether oxygens (including phenoxy) is 1. The van der Waals surface area contributed by atoms with Gasteiger partial charge in [-0.1, -0.05) is 6.07 Å². The van der Waals surface area contributed by atoms with E-state index >= 15 is 0 Å². The molecule has 5 nitrogen and oxygen atoms in total. The molecule has 0 bridgehead atoms. The van der Waals surface area contributed by atoms with Crippen LogP contribution in [0, 0.1) is 5.82 Å². The van der Waals surface area contributed by atoms with Crippen LogP contribution in [-0.4, -0.2) is 67.5 Å². The number of alkyl halides is 2. The summed E-state index contributed by atoms with van der Waals surface area (Å²) in [5.41, 5.74) is 0.829. The number of hydrogen-bond acceptors (Lipinski definition) is 4. The van der Waals surface area contributed by atoms with Gasteiger partial charge in [-0.15, -0.1) is 24.8 Å². The molecule has 1 atom stereocenters. The van der Waals surface area contributed by atoms with E-state index in [0.717, 1.165) is 5.56 Å². The number of carbonyl (C=O) groups is 1. The molecule has 2 aliphatic rings. The van der Waals surface area contributed by atoms with Crippen molar-refractivity contribution >= 4 is 30.7 Å². The highest BCUT2D eigenvalue weighted by Crippen LogP contribution is 2.26. The number of halogens is 5. The molecule has 1 aromatic carbocycles. The summed E-state index contributed by atoms with van der Waals surface area (Å²) in [5.74, 6) is -3.25. The van der Waals surface area contributed by atoms with E-state index in [1.165, 1.54) is 13.2 Å². The second-order valence-electron chi connectivity index (χ2n) is 6.56. The maximum atomic E-state index is 13.7. The predicted molar refractivity (Wildman–Crippen MR) is 101 cm³/mol. The van der Waals surface area contributed by atoms with E-state index < -0.39 is 30.7 Å². The number of amides is 1. The number of piperazine rings is 1. The molecule has 27 heavy (non-hydrogen) atoms. The fraction of sp³-hybridized carbons (Fsp3) is 0.588. The molecule has 2 heterocycles. The first kappa shape index (κ1) is 23.8. The second-order valence-corrected chi connectivity index (χ2v) is 6.56. The van der Waals surface area contributed by atoms with Gasteiger partial charge in [0.05, 0.1) is 19.7 Å².